The van der Waals surface area contributed by atoms with Crippen molar-refractivity contribution in [1.29, 1.82) is 0 Å². The van der Waals surface area contributed by atoms with Crippen LogP contribution in [0, 0.1) is 0 Å². The molecule has 0 aromatic carbocycles. The van der Waals surface area contributed by atoms with Crippen molar-refractivity contribution in [2.75, 3.05) is 13.2 Å². The van der Waals surface area contributed by atoms with Gasteiger partial charge in [0.15, 0.2) is 0 Å². The maximum atomic E-state index is 11.6. The average molecular weight is 336 g/mol. The van der Waals surface area contributed by atoms with E-state index >= 15 is 0 Å². The van der Waals surface area contributed by atoms with E-state index in [0.29, 0.717) is 6.42 Å². The third kappa shape index (κ3) is 16.7. The lowest BCUT2D eigenvalue weighted by Crippen LogP contribution is -2.10. The Balaban J connectivity index is 3.53. The molecular formula is C20H32O4. The minimum absolute atomic E-state index is 0.00232. The van der Waals surface area contributed by atoms with Gasteiger partial charge in [0, 0.05) is 12.8 Å². The Morgan fingerprint density at radius 2 is 1.54 bits per heavy atom. The Bertz CT molecular complexity index is 408. The Labute approximate surface area is 146 Å². The molecule has 0 saturated carbocycles. The second-order valence-corrected chi connectivity index (χ2v) is 5.61. The van der Waals surface area contributed by atoms with Gasteiger partial charge in [0.05, 0.1) is 13.0 Å². The van der Waals surface area contributed by atoms with Crippen molar-refractivity contribution in [3.05, 3.63) is 36.5 Å². The number of carbonyl (C=O) groups is 2. The number of Topliss-reactive ketones (excluding diaryl/α,β-unsaturated/α-hetero) is 1. The molecule has 0 aliphatic heterocycles. The van der Waals surface area contributed by atoms with Crippen LogP contribution in [0.5, 0.6) is 0 Å². The average Bonchev–Trinajstić information content (AvgIpc) is 2.59. The summed E-state index contributed by atoms with van der Waals surface area (Å²) in [6.45, 7) is 2.01. The predicted octanol–water partition coefficient (Wildman–Crippen LogP) is 4.29. The molecule has 0 aromatic rings. The third-order valence-corrected chi connectivity index (χ3v) is 3.37. The molecule has 136 valence electrons. The Morgan fingerprint density at radius 1 is 0.875 bits per heavy atom. The van der Waals surface area contributed by atoms with Crippen molar-refractivity contribution in [3.8, 4) is 0 Å². The van der Waals surface area contributed by atoms with E-state index in [4.69, 9.17) is 9.84 Å². The first-order valence-electron chi connectivity index (χ1n) is 8.97. The van der Waals surface area contributed by atoms with Crippen LogP contribution in [0.4, 0.5) is 0 Å². The maximum absolute atomic E-state index is 11.6. The molecule has 0 heterocycles. The molecular weight excluding hydrogens is 304 g/mol. The first-order valence-corrected chi connectivity index (χ1v) is 8.97. The van der Waals surface area contributed by atoms with E-state index in [0.717, 1.165) is 25.7 Å². The summed E-state index contributed by atoms with van der Waals surface area (Å²) in [5, 5.41) is 8.51. The number of aliphatic hydroxyl groups excluding tert-OH is 1. The van der Waals surface area contributed by atoms with Crippen LogP contribution < -0.4 is 0 Å². The van der Waals surface area contributed by atoms with Gasteiger partial charge in [-0.05, 0) is 25.7 Å². The van der Waals surface area contributed by atoms with Crippen molar-refractivity contribution < 1.29 is 19.4 Å². The number of carbonyl (C=O) groups excluding carboxylic acids is 2. The summed E-state index contributed by atoms with van der Waals surface area (Å²) in [4.78, 5) is 22.8. The molecule has 1 N–H and O–H groups in total. The van der Waals surface area contributed by atoms with E-state index in [1.54, 1.807) is 0 Å². The Morgan fingerprint density at radius 3 is 2.17 bits per heavy atom. The van der Waals surface area contributed by atoms with E-state index in [-0.39, 0.29) is 31.8 Å². The lowest BCUT2D eigenvalue weighted by Gasteiger charge is -2.02. The standard InChI is InChI=1S/C20H32O4/c1-2-3-4-5-6-7-8-9-10-11-12-13-14-19(22)15-16-20(23)24-18-17-21/h5-10,21H,2-4,11-18H2,1H3. The monoisotopic (exact) mass is 336 g/mol. The summed E-state index contributed by atoms with van der Waals surface area (Å²) in [5.41, 5.74) is 0. The van der Waals surface area contributed by atoms with Gasteiger partial charge in [0.25, 0.3) is 0 Å². The molecule has 0 amide bonds. The molecule has 0 bridgehead atoms. The first kappa shape index (κ1) is 22.3. The molecule has 0 aromatic heterocycles. The van der Waals surface area contributed by atoms with Gasteiger partial charge < -0.3 is 9.84 Å². The molecule has 0 rings (SSSR count). The van der Waals surface area contributed by atoms with E-state index in [2.05, 4.69) is 25.2 Å². The highest BCUT2D eigenvalue weighted by Crippen LogP contribution is 2.05. The number of allylic oxidation sites excluding steroid dienone is 6. The SMILES string of the molecule is CCCCC=CC=CC=CCCCCC(=O)CCC(=O)OCCO. The van der Waals surface area contributed by atoms with Crippen LogP contribution in [0.25, 0.3) is 0 Å². The van der Waals surface area contributed by atoms with Gasteiger partial charge in [-0.25, -0.2) is 0 Å². The summed E-state index contributed by atoms with van der Waals surface area (Å²) >= 11 is 0. The topological polar surface area (TPSA) is 63.6 Å². The fraction of sp³-hybridized carbons (Fsp3) is 0.600. The normalized spacial score (nSPS) is 11.8. The molecule has 0 aliphatic carbocycles. The van der Waals surface area contributed by atoms with Crippen LogP contribution in [-0.4, -0.2) is 30.1 Å². The minimum Gasteiger partial charge on any atom is -0.463 e. The summed E-state index contributed by atoms with van der Waals surface area (Å²) in [6.07, 6.45) is 19.7. The first-order chi connectivity index (χ1) is 11.7. The van der Waals surface area contributed by atoms with Gasteiger partial charge in [0.1, 0.15) is 12.4 Å². The van der Waals surface area contributed by atoms with Crippen LogP contribution in [0.1, 0.15) is 64.7 Å². The molecule has 0 atom stereocenters. The molecule has 0 unspecified atom stereocenters. The summed E-state index contributed by atoms with van der Waals surface area (Å²) in [6, 6.07) is 0. The number of rotatable bonds is 15. The molecule has 24 heavy (non-hydrogen) atoms. The maximum Gasteiger partial charge on any atom is 0.306 e. The van der Waals surface area contributed by atoms with Gasteiger partial charge in [-0.3, -0.25) is 9.59 Å². The van der Waals surface area contributed by atoms with E-state index in [1.807, 2.05) is 18.2 Å². The summed E-state index contributed by atoms with van der Waals surface area (Å²) in [5.74, 6) is -0.326. The van der Waals surface area contributed by atoms with Crippen LogP contribution in [-0.2, 0) is 14.3 Å². The number of unbranched alkanes of at least 4 members (excludes halogenated alkanes) is 4. The van der Waals surface area contributed by atoms with Gasteiger partial charge in [0.2, 0.25) is 0 Å². The largest absolute Gasteiger partial charge is 0.463 e. The Kier molecular flexibility index (Phi) is 16.4. The van der Waals surface area contributed by atoms with Crippen molar-refractivity contribution in [2.24, 2.45) is 0 Å². The van der Waals surface area contributed by atoms with Crippen LogP contribution >= 0.6 is 0 Å². The number of ketones is 1. The van der Waals surface area contributed by atoms with Crippen molar-refractivity contribution >= 4 is 11.8 Å². The van der Waals surface area contributed by atoms with Gasteiger partial charge in [-0.15, -0.1) is 0 Å². The second-order valence-electron chi connectivity index (χ2n) is 5.61. The smallest absolute Gasteiger partial charge is 0.306 e. The number of esters is 1. The highest BCUT2D eigenvalue weighted by molar-refractivity contribution is 5.82. The molecule has 4 heteroatoms. The van der Waals surface area contributed by atoms with E-state index < -0.39 is 5.97 Å². The number of aliphatic hydroxyl groups is 1. The van der Waals surface area contributed by atoms with Crippen LogP contribution in [0.15, 0.2) is 36.5 Å². The Hall–Kier alpha value is -1.68. The third-order valence-electron chi connectivity index (χ3n) is 3.37. The predicted molar refractivity (Wildman–Crippen MR) is 97.7 cm³/mol. The van der Waals surface area contributed by atoms with Crippen LogP contribution in [0.3, 0.4) is 0 Å². The van der Waals surface area contributed by atoms with E-state index in [1.165, 1.54) is 12.8 Å². The van der Waals surface area contributed by atoms with Gasteiger partial charge in [-0.1, -0.05) is 56.2 Å². The van der Waals surface area contributed by atoms with Gasteiger partial charge >= 0.3 is 5.97 Å². The fourth-order valence-corrected chi connectivity index (χ4v) is 1.98. The highest BCUT2D eigenvalue weighted by Gasteiger charge is 2.07. The van der Waals surface area contributed by atoms with Crippen LogP contribution in [0.2, 0.25) is 0 Å². The number of hydrogen-bond acceptors (Lipinski definition) is 4. The van der Waals surface area contributed by atoms with E-state index in [9.17, 15) is 9.59 Å². The minimum atomic E-state index is -0.420. The van der Waals surface area contributed by atoms with Crippen molar-refractivity contribution in [2.45, 2.75) is 64.7 Å². The summed E-state index contributed by atoms with van der Waals surface area (Å²) < 4.78 is 4.70. The molecule has 0 saturated heterocycles. The summed E-state index contributed by atoms with van der Waals surface area (Å²) in [7, 11) is 0. The molecule has 0 radical (unpaired) electrons. The van der Waals surface area contributed by atoms with Crippen molar-refractivity contribution in [3.63, 3.8) is 0 Å². The fourth-order valence-electron chi connectivity index (χ4n) is 1.98. The molecule has 0 spiro atoms. The lowest BCUT2D eigenvalue weighted by molar-refractivity contribution is -0.145. The number of hydrogen-bond donors (Lipinski definition) is 1. The lowest BCUT2D eigenvalue weighted by atomic mass is 10.1. The number of ether oxygens (including phenoxy) is 1. The molecule has 4 nitrogen and oxygen atoms in total. The quantitative estimate of drug-likeness (QED) is 0.275. The zero-order valence-electron chi connectivity index (χ0n) is 14.9. The zero-order chi connectivity index (χ0) is 17.9. The molecule has 0 aliphatic rings. The van der Waals surface area contributed by atoms with Crippen molar-refractivity contribution in [1.82, 2.24) is 0 Å². The zero-order valence-corrected chi connectivity index (χ0v) is 14.9. The van der Waals surface area contributed by atoms with Gasteiger partial charge in [-0.2, -0.15) is 0 Å². The molecule has 0 fully saturated rings. The second kappa shape index (κ2) is 17.7. The highest BCUT2D eigenvalue weighted by atomic mass is 16.5.